The Morgan fingerprint density at radius 3 is 2.56 bits per heavy atom. The van der Waals surface area contributed by atoms with Gasteiger partial charge in [-0.2, -0.15) is 0 Å². The molecule has 6 rings (SSSR count). The molecule has 6 nitrogen and oxygen atoms in total. The van der Waals surface area contributed by atoms with Gasteiger partial charge in [-0.05, 0) is 36.4 Å². The van der Waals surface area contributed by atoms with E-state index in [9.17, 15) is 9.59 Å². The number of esters is 1. The number of rotatable bonds is 3. The van der Waals surface area contributed by atoms with E-state index < -0.39 is 5.92 Å². The maximum Gasteiger partial charge on any atom is 0.312 e. The zero-order chi connectivity index (χ0) is 21.7. The molecule has 0 radical (unpaired) electrons. The predicted molar refractivity (Wildman–Crippen MR) is 114 cm³/mol. The first-order valence-corrected chi connectivity index (χ1v) is 10.2. The lowest BCUT2D eigenvalue weighted by Gasteiger charge is -2.24. The second-order valence-corrected chi connectivity index (χ2v) is 7.61. The van der Waals surface area contributed by atoms with E-state index in [-0.39, 0.29) is 23.9 Å². The Morgan fingerprint density at radius 2 is 1.75 bits per heavy atom. The topological polar surface area (TPSA) is 78.9 Å². The number of carbonyl (C=O) groups is 2. The molecule has 2 aliphatic heterocycles. The van der Waals surface area contributed by atoms with Gasteiger partial charge >= 0.3 is 5.97 Å². The molecule has 1 atom stereocenters. The van der Waals surface area contributed by atoms with Crippen molar-refractivity contribution in [2.75, 3.05) is 0 Å². The molecular weight excluding hydrogens is 408 g/mol. The van der Waals surface area contributed by atoms with Gasteiger partial charge in [0.2, 0.25) is 5.78 Å². The van der Waals surface area contributed by atoms with Crippen molar-refractivity contribution in [3.63, 3.8) is 0 Å². The molecule has 32 heavy (non-hydrogen) atoms. The van der Waals surface area contributed by atoms with Crippen molar-refractivity contribution >= 4 is 17.8 Å². The van der Waals surface area contributed by atoms with Crippen molar-refractivity contribution in [1.29, 1.82) is 0 Å². The van der Waals surface area contributed by atoms with E-state index in [4.69, 9.17) is 18.3 Å². The third kappa shape index (κ3) is 2.96. The SMILES string of the molecule is O=C1CC(c2ccc(-c3ccccc3)o2)c2c(ccc3c2O/C(=C\c2ccco2)C3=O)O1. The minimum atomic E-state index is -0.436. The molecule has 1 unspecified atom stereocenters. The fourth-order valence-corrected chi connectivity index (χ4v) is 4.15. The maximum absolute atomic E-state index is 12.9. The number of hydrogen-bond donors (Lipinski definition) is 0. The zero-order valence-corrected chi connectivity index (χ0v) is 16.7. The van der Waals surface area contributed by atoms with Gasteiger partial charge in [-0.15, -0.1) is 0 Å². The lowest BCUT2D eigenvalue weighted by Crippen LogP contribution is -2.21. The van der Waals surface area contributed by atoms with Crippen molar-refractivity contribution in [2.45, 2.75) is 12.3 Å². The standard InChI is InChI=1S/C26H16O6/c27-23-14-18(20-11-10-19(30-20)15-5-2-1-3-6-15)24-21(31-23)9-8-17-25(28)22(32-26(17)24)13-16-7-4-12-29-16/h1-13,18H,14H2/b22-13-. The molecule has 0 N–H and O–H groups in total. The largest absolute Gasteiger partial charge is 0.465 e. The number of Topliss-reactive ketones (excluding diaryl/α,β-unsaturated/α-hetero) is 1. The average Bonchev–Trinajstić information content (AvgIpc) is 3.56. The highest BCUT2D eigenvalue weighted by Crippen LogP contribution is 2.49. The Kier molecular flexibility index (Phi) is 4.11. The summed E-state index contributed by atoms with van der Waals surface area (Å²) in [4.78, 5) is 25.3. The minimum Gasteiger partial charge on any atom is -0.465 e. The van der Waals surface area contributed by atoms with Crippen LogP contribution in [0, 0.1) is 0 Å². The molecule has 4 heterocycles. The third-order valence-corrected chi connectivity index (χ3v) is 5.62. The molecule has 0 amide bonds. The third-order valence-electron chi connectivity index (χ3n) is 5.62. The number of allylic oxidation sites excluding steroid dienone is 1. The number of benzene rings is 2. The Labute approximate surface area is 182 Å². The number of furan rings is 2. The second-order valence-electron chi connectivity index (χ2n) is 7.61. The van der Waals surface area contributed by atoms with Crippen LogP contribution < -0.4 is 9.47 Å². The molecule has 2 aromatic heterocycles. The fourth-order valence-electron chi connectivity index (χ4n) is 4.15. The minimum absolute atomic E-state index is 0.0833. The summed E-state index contributed by atoms with van der Waals surface area (Å²) in [6.07, 6.45) is 3.16. The van der Waals surface area contributed by atoms with Crippen LogP contribution >= 0.6 is 0 Å². The summed E-state index contributed by atoms with van der Waals surface area (Å²) in [6.45, 7) is 0. The van der Waals surface area contributed by atoms with Crippen LogP contribution in [0.2, 0.25) is 0 Å². The molecule has 6 heteroatoms. The van der Waals surface area contributed by atoms with E-state index in [1.807, 2.05) is 42.5 Å². The normalized spacial score (nSPS) is 18.2. The average molecular weight is 424 g/mol. The molecule has 0 saturated carbocycles. The van der Waals surface area contributed by atoms with Gasteiger partial charge in [-0.3, -0.25) is 9.59 Å². The summed E-state index contributed by atoms with van der Waals surface area (Å²) in [5.74, 6) is 1.68. The van der Waals surface area contributed by atoms with Crippen molar-refractivity contribution in [2.24, 2.45) is 0 Å². The number of ether oxygens (including phenoxy) is 2. The van der Waals surface area contributed by atoms with Crippen molar-refractivity contribution in [1.82, 2.24) is 0 Å². The number of ketones is 1. The smallest absolute Gasteiger partial charge is 0.312 e. The van der Waals surface area contributed by atoms with E-state index in [0.29, 0.717) is 39.9 Å². The maximum atomic E-state index is 12.9. The molecule has 0 spiro atoms. The molecule has 0 bridgehead atoms. The van der Waals surface area contributed by atoms with Crippen LogP contribution in [-0.2, 0) is 4.79 Å². The molecule has 0 fully saturated rings. The fraction of sp³-hybridized carbons (Fsp3) is 0.0769. The van der Waals surface area contributed by atoms with Crippen molar-refractivity contribution < 1.29 is 27.9 Å². The summed E-state index contributed by atoms with van der Waals surface area (Å²) in [5.41, 5.74) is 1.98. The van der Waals surface area contributed by atoms with Crippen molar-refractivity contribution in [3.8, 4) is 22.8 Å². The number of carbonyl (C=O) groups excluding carboxylic acids is 2. The van der Waals surface area contributed by atoms with E-state index in [0.717, 1.165) is 5.56 Å². The summed E-state index contributed by atoms with van der Waals surface area (Å²) >= 11 is 0. The van der Waals surface area contributed by atoms with E-state index in [1.165, 1.54) is 6.26 Å². The molecular formula is C26H16O6. The van der Waals surface area contributed by atoms with Gasteiger partial charge in [0.25, 0.3) is 0 Å². The lowest BCUT2D eigenvalue weighted by molar-refractivity contribution is -0.135. The molecule has 2 aliphatic rings. The van der Waals surface area contributed by atoms with Gasteiger partial charge in [0, 0.05) is 17.2 Å². The quantitative estimate of drug-likeness (QED) is 0.242. The molecule has 0 aliphatic carbocycles. The zero-order valence-electron chi connectivity index (χ0n) is 16.7. The number of fused-ring (bicyclic) bond motifs is 3. The lowest BCUT2D eigenvalue weighted by atomic mass is 9.88. The highest BCUT2D eigenvalue weighted by molar-refractivity contribution is 6.15. The second kappa shape index (κ2) is 7.13. The first-order valence-electron chi connectivity index (χ1n) is 10.2. The van der Waals surface area contributed by atoms with E-state index in [1.54, 1.807) is 30.3 Å². The van der Waals surface area contributed by atoms with Gasteiger partial charge in [0.1, 0.15) is 28.8 Å². The molecule has 2 aromatic carbocycles. The first kappa shape index (κ1) is 18.4. The highest BCUT2D eigenvalue weighted by Gasteiger charge is 2.39. The van der Waals surface area contributed by atoms with Crippen LogP contribution in [0.5, 0.6) is 11.5 Å². The van der Waals surface area contributed by atoms with Gasteiger partial charge in [-0.1, -0.05) is 30.3 Å². The summed E-state index contributed by atoms with van der Waals surface area (Å²) in [5, 5.41) is 0. The molecule has 4 aromatic rings. The van der Waals surface area contributed by atoms with Crippen molar-refractivity contribution in [3.05, 3.63) is 101 Å². The van der Waals surface area contributed by atoms with Crippen LogP contribution in [0.15, 0.2) is 87.6 Å². The van der Waals surface area contributed by atoms with Crippen LogP contribution in [0.1, 0.15) is 39.8 Å². The van der Waals surface area contributed by atoms with E-state index >= 15 is 0 Å². The van der Waals surface area contributed by atoms with E-state index in [2.05, 4.69) is 0 Å². The van der Waals surface area contributed by atoms with Crippen LogP contribution in [-0.4, -0.2) is 11.8 Å². The molecule has 156 valence electrons. The summed E-state index contributed by atoms with van der Waals surface area (Å²) < 4.78 is 22.9. The Bertz CT molecular complexity index is 1380. The monoisotopic (exact) mass is 424 g/mol. The predicted octanol–water partition coefficient (Wildman–Crippen LogP) is 5.60. The Morgan fingerprint density at radius 1 is 0.875 bits per heavy atom. The van der Waals surface area contributed by atoms with Crippen LogP contribution in [0.25, 0.3) is 17.4 Å². The first-order chi connectivity index (χ1) is 15.7. The van der Waals surface area contributed by atoms with Crippen LogP contribution in [0.4, 0.5) is 0 Å². The highest BCUT2D eigenvalue weighted by atomic mass is 16.5. The summed E-state index contributed by atoms with van der Waals surface area (Å²) in [6, 6.07) is 20.2. The van der Waals surface area contributed by atoms with Crippen LogP contribution in [0.3, 0.4) is 0 Å². The molecule has 0 saturated heterocycles. The van der Waals surface area contributed by atoms with Gasteiger partial charge in [0.05, 0.1) is 24.2 Å². The van der Waals surface area contributed by atoms with Gasteiger partial charge < -0.3 is 18.3 Å². The van der Waals surface area contributed by atoms with Gasteiger partial charge in [0.15, 0.2) is 5.76 Å². The Hall–Kier alpha value is -4.32. The number of hydrogen-bond acceptors (Lipinski definition) is 6. The Balaban J connectivity index is 1.44. The van der Waals surface area contributed by atoms with Gasteiger partial charge in [-0.25, -0.2) is 0 Å². The summed E-state index contributed by atoms with van der Waals surface area (Å²) in [7, 11) is 0.